The molecule has 6 heteroatoms. The lowest BCUT2D eigenvalue weighted by Gasteiger charge is -2.09. The van der Waals surface area contributed by atoms with Crippen molar-refractivity contribution in [3.8, 4) is 0 Å². The standard InChI is InChI=1S/C10H7F3N2O/c11-10(12,13)6-1-2-7-8(14)3-4-15(16)9(7)5-6/h1-5,14,16H. The van der Waals surface area contributed by atoms with Crippen LogP contribution < -0.4 is 5.36 Å². The second-order valence-electron chi connectivity index (χ2n) is 3.30. The van der Waals surface area contributed by atoms with Crippen molar-refractivity contribution in [3.63, 3.8) is 0 Å². The zero-order chi connectivity index (χ0) is 11.9. The molecule has 1 aromatic heterocycles. The van der Waals surface area contributed by atoms with Crippen molar-refractivity contribution >= 4 is 10.9 Å². The summed E-state index contributed by atoms with van der Waals surface area (Å²) in [5.74, 6) is 0. The van der Waals surface area contributed by atoms with Gasteiger partial charge in [-0.1, -0.05) is 6.07 Å². The van der Waals surface area contributed by atoms with Crippen LogP contribution in [0.15, 0.2) is 30.5 Å². The van der Waals surface area contributed by atoms with Gasteiger partial charge in [0.05, 0.1) is 16.4 Å². The topological polar surface area (TPSA) is 49.0 Å². The van der Waals surface area contributed by atoms with Gasteiger partial charge in [0.15, 0.2) is 0 Å². The Balaban J connectivity index is 2.81. The zero-order valence-corrected chi connectivity index (χ0v) is 7.92. The first-order chi connectivity index (χ1) is 7.39. The number of hydrogen-bond donors (Lipinski definition) is 2. The van der Waals surface area contributed by atoms with Crippen LogP contribution in [-0.4, -0.2) is 9.94 Å². The first-order valence-corrected chi connectivity index (χ1v) is 4.36. The molecule has 0 spiro atoms. The number of pyridine rings is 1. The normalized spacial score (nSPS) is 11.9. The van der Waals surface area contributed by atoms with E-state index in [1.165, 1.54) is 12.1 Å². The smallest absolute Gasteiger partial charge is 0.416 e. The van der Waals surface area contributed by atoms with E-state index in [0.29, 0.717) is 4.73 Å². The van der Waals surface area contributed by atoms with Crippen LogP contribution in [0.4, 0.5) is 13.2 Å². The number of rotatable bonds is 0. The minimum absolute atomic E-state index is 0.0395. The van der Waals surface area contributed by atoms with E-state index < -0.39 is 11.7 Å². The van der Waals surface area contributed by atoms with Crippen molar-refractivity contribution in [2.75, 3.05) is 0 Å². The van der Waals surface area contributed by atoms with Gasteiger partial charge in [0.1, 0.15) is 0 Å². The quantitative estimate of drug-likeness (QED) is 0.668. The molecule has 0 saturated carbocycles. The highest BCUT2D eigenvalue weighted by atomic mass is 19.4. The highest BCUT2D eigenvalue weighted by Gasteiger charge is 2.30. The first-order valence-electron chi connectivity index (χ1n) is 4.36. The van der Waals surface area contributed by atoms with Crippen molar-refractivity contribution in [1.29, 1.82) is 5.41 Å². The summed E-state index contributed by atoms with van der Waals surface area (Å²) in [6, 6.07) is 4.18. The first kappa shape index (κ1) is 10.5. The third kappa shape index (κ3) is 1.62. The maximum atomic E-state index is 12.4. The summed E-state index contributed by atoms with van der Waals surface area (Å²) in [5, 5.41) is 17.2. The summed E-state index contributed by atoms with van der Waals surface area (Å²) in [5.41, 5.74) is -0.893. The van der Waals surface area contributed by atoms with Gasteiger partial charge in [-0.25, -0.2) is 0 Å². The van der Waals surface area contributed by atoms with Crippen molar-refractivity contribution in [1.82, 2.24) is 4.73 Å². The summed E-state index contributed by atoms with van der Waals surface area (Å²) in [4.78, 5) is 0. The van der Waals surface area contributed by atoms with Crippen LogP contribution in [0.2, 0.25) is 0 Å². The summed E-state index contributed by atoms with van der Waals surface area (Å²) in [7, 11) is 0. The van der Waals surface area contributed by atoms with Crippen molar-refractivity contribution < 1.29 is 18.4 Å². The summed E-state index contributed by atoms with van der Waals surface area (Å²) >= 11 is 0. The van der Waals surface area contributed by atoms with Crippen molar-refractivity contribution in [2.45, 2.75) is 6.18 Å². The molecule has 84 valence electrons. The molecule has 1 aromatic carbocycles. The summed E-state index contributed by atoms with van der Waals surface area (Å²) in [6.07, 6.45) is -3.33. The van der Waals surface area contributed by atoms with E-state index in [9.17, 15) is 18.4 Å². The number of halogens is 3. The molecule has 3 nitrogen and oxygen atoms in total. The summed E-state index contributed by atoms with van der Waals surface area (Å²) < 4.78 is 37.8. The number of fused-ring (bicyclic) bond motifs is 1. The second kappa shape index (κ2) is 3.26. The molecule has 1 heterocycles. The molecule has 2 N–H and O–H groups in total. The Morgan fingerprint density at radius 1 is 1.19 bits per heavy atom. The molecule has 16 heavy (non-hydrogen) atoms. The molecular weight excluding hydrogens is 221 g/mol. The molecule has 0 bridgehead atoms. The Labute approximate surface area is 87.8 Å². The van der Waals surface area contributed by atoms with E-state index in [2.05, 4.69) is 0 Å². The molecule has 0 unspecified atom stereocenters. The monoisotopic (exact) mass is 228 g/mol. The van der Waals surface area contributed by atoms with Crippen LogP contribution in [0, 0.1) is 5.41 Å². The fourth-order valence-corrected chi connectivity index (χ4v) is 1.44. The molecule has 0 aliphatic heterocycles. The molecule has 0 aliphatic carbocycles. The Bertz CT molecular complexity index is 601. The van der Waals surface area contributed by atoms with E-state index in [-0.39, 0.29) is 16.3 Å². The predicted octanol–water partition coefficient (Wildman–Crippen LogP) is 2.38. The molecule has 0 atom stereocenters. The maximum absolute atomic E-state index is 12.4. The van der Waals surface area contributed by atoms with Crippen LogP contribution in [0.3, 0.4) is 0 Å². The molecule has 0 saturated heterocycles. The van der Waals surface area contributed by atoms with Crippen molar-refractivity contribution in [2.24, 2.45) is 0 Å². The van der Waals surface area contributed by atoms with Gasteiger partial charge in [-0.3, -0.25) is 0 Å². The minimum atomic E-state index is -4.46. The molecule has 0 amide bonds. The van der Waals surface area contributed by atoms with Gasteiger partial charge in [0.2, 0.25) is 0 Å². The lowest BCUT2D eigenvalue weighted by Crippen LogP contribution is -2.09. The van der Waals surface area contributed by atoms with Crippen molar-refractivity contribution in [3.05, 3.63) is 41.4 Å². The third-order valence-electron chi connectivity index (χ3n) is 2.24. The van der Waals surface area contributed by atoms with Crippen LogP contribution >= 0.6 is 0 Å². The van der Waals surface area contributed by atoms with E-state index in [1.807, 2.05) is 0 Å². The van der Waals surface area contributed by atoms with Gasteiger partial charge >= 0.3 is 6.18 Å². The Kier molecular flexibility index (Phi) is 2.15. The molecule has 2 rings (SSSR count). The Morgan fingerprint density at radius 3 is 2.50 bits per heavy atom. The van der Waals surface area contributed by atoms with E-state index in [4.69, 9.17) is 5.41 Å². The van der Waals surface area contributed by atoms with E-state index in [1.54, 1.807) is 0 Å². The largest absolute Gasteiger partial charge is 0.428 e. The van der Waals surface area contributed by atoms with Crippen LogP contribution in [0.5, 0.6) is 0 Å². The number of alkyl halides is 3. The number of nitrogens with one attached hydrogen (secondary N) is 1. The Morgan fingerprint density at radius 2 is 1.88 bits per heavy atom. The fourth-order valence-electron chi connectivity index (χ4n) is 1.44. The van der Waals surface area contributed by atoms with E-state index >= 15 is 0 Å². The average molecular weight is 228 g/mol. The lowest BCUT2D eigenvalue weighted by molar-refractivity contribution is -0.137. The van der Waals surface area contributed by atoms with E-state index in [0.717, 1.165) is 18.3 Å². The van der Waals surface area contributed by atoms with Crippen LogP contribution in [-0.2, 0) is 6.18 Å². The third-order valence-corrected chi connectivity index (χ3v) is 2.24. The predicted molar refractivity (Wildman–Crippen MR) is 50.0 cm³/mol. The van der Waals surface area contributed by atoms with Gasteiger partial charge < -0.3 is 10.6 Å². The van der Waals surface area contributed by atoms with Gasteiger partial charge in [-0.05, 0) is 18.2 Å². The number of hydrogen-bond acceptors (Lipinski definition) is 2. The van der Waals surface area contributed by atoms with Crippen LogP contribution in [0.25, 0.3) is 10.9 Å². The summed E-state index contributed by atoms with van der Waals surface area (Å²) in [6.45, 7) is 0. The van der Waals surface area contributed by atoms with Gasteiger partial charge in [-0.2, -0.15) is 17.9 Å². The molecule has 0 radical (unpaired) electrons. The van der Waals surface area contributed by atoms with Crippen LogP contribution in [0.1, 0.15) is 5.56 Å². The zero-order valence-electron chi connectivity index (χ0n) is 7.92. The number of benzene rings is 1. The Hall–Kier alpha value is -1.98. The number of aromatic nitrogens is 1. The highest BCUT2D eigenvalue weighted by Crippen LogP contribution is 2.30. The number of nitrogens with zero attached hydrogens (tertiary/aromatic N) is 1. The second-order valence-corrected chi connectivity index (χ2v) is 3.30. The average Bonchev–Trinajstić information content (AvgIpc) is 2.22. The fraction of sp³-hybridized carbons (Fsp3) is 0.100. The minimum Gasteiger partial charge on any atom is -0.428 e. The molecular formula is C10H7F3N2O. The van der Waals surface area contributed by atoms with Gasteiger partial charge in [0, 0.05) is 11.6 Å². The molecule has 0 aliphatic rings. The maximum Gasteiger partial charge on any atom is 0.416 e. The highest BCUT2D eigenvalue weighted by molar-refractivity contribution is 5.78. The SMILES string of the molecule is N=c1ccn(O)c2cc(C(F)(F)F)ccc12. The lowest BCUT2D eigenvalue weighted by atomic mass is 10.1. The van der Waals surface area contributed by atoms with Gasteiger partial charge in [-0.15, -0.1) is 0 Å². The molecule has 2 aromatic rings. The van der Waals surface area contributed by atoms with Gasteiger partial charge in [0.25, 0.3) is 0 Å². The molecule has 0 fully saturated rings.